The molecule has 1 N–H and O–H groups in total. The predicted octanol–water partition coefficient (Wildman–Crippen LogP) is 4.04. The fourth-order valence-corrected chi connectivity index (χ4v) is 2.75. The molecular weight excluding hydrogens is 324 g/mol. The SMILES string of the molecule is Cc1ccc(-c2cc(NCCc3ccccc3OC3CC3)ncn2)cn1. The number of anilines is 1. The molecule has 0 aliphatic heterocycles. The van der Waals surface area contributed by atoms with E-state index in [0.717, 1.165) is 41.5 Å². The predicted molar refractivity (Wildman–Crippen MR) is 102 cm³/mol. The van der Waals surface area contributed by atoms with Crippen molar-refractivity contribution in [2.45, 2.75) is 32.3 Å². The normalized spacial score (nSPS) is 13.4. The van der Waals surface area contributed by atoms with E-state index in [0.29, 0.717) is 6.10 Å². The van der Waals surface area contributed by atoms with Gasteiger partial charge in [-0.25, -0.2) is 9.97 Å². The van der Waals surface area contributed by atoms with Gasteiger partial charge in [0.1, 0.15) is 17.9 Å². The maximum atomic E-state index is 5.99. The van der Waals surface area contributed by atoms with Crippen LogP contribution in [0.2, 0.25) is 0 Å². The first-order valence-electron chi connectivity index (χ1n) is 9.01. The van der Waals surface area contributed by atoms with Gasteiger partial charge in [0.2, 0.25) is 0 Å². The van der Waals surface area contributed by atoms with Crippen molar-refractivity contribution in [1.29, 1.82) is 0 Å². The Morgan fingerprint density at radius 3 is 2.77 bits per heavy atom. The highest BCUT2D eigenvalue weighted by molar-refractivity contribution is 5.61. The summed E-state index contributed by atoms with van der Waals surface area (Å²) >= 11 is 0. The Hall–Kier alpha value is -2.95. The number of nitrogens with zero attached hydrogens (tertiary/aromatic N) is 3. The Morgan fingerprint density at radius 2 is 1.96 bits per heavy atom. The minimum absolute atomic E-state index is 0.414. The van der Waals surface area contributed by atoms with Crippen LogP contribution in [0.3, 0.4) is 0 Å². The fourth-order valence-electron chi connectivity index (χ4n) is 2.75. The molecule has 4 rings (SSSR count). The summed E-state index contributed by atoms with van der Waals surface area (Å²) in [5.74, 6) is 1.82. The van der Waals surface area contributed by atoms with Gasteiger partial charge in [0.15, 0.2) is 0 Å². The smallest absolute Gasteiger partial charge is 0.129 e. The van der Waals surface area contributed by atoms with E-state index in [9.17, 15) is 0 Å². The highest BCUT2D eigenvalue weighted by Gasteiger charge is 2.24. The lowest BCUT2D eigenvalue weighted by Gasteiger charge is -2.11. The molecule has 26 heavy (non-hydrogen) atoms. The van der Waals surface area contributed by atoms with Gasteiger partial charge in [-0.3, -0.25) is 4.98 Å². The van der Waals surface area contributed by atoms with Gasteiger partial charge in [-0.15, -0.1) is 0 Å². The van der Waals surface area contributed by atoms with Crippen molar-refractivity contribution >= 4 is 5.82 Å². The molecule has 0 amide bonds. The van der Waals surface area contributed by atoms with Gasteiger partial charge >= 0.3 is 0 Å². The van der Waals surface area contributed by atoms with E-state index >= 15 is 0 Å². The van der Waals surface area contributed by atoms with E-state index < -0.39 is 0 Å². The van der Waals surface area contributed by atoms with Crippen molar-refractivity contribution in [1.82, 2.24) is 15.0 Å². The molecule has 2 heterocycles. The number of ether oxygens (including phenoxy) is 1. The molecule has 0 atom stereocenters. The van der Waals surface area contributed by atoms with Crippen molar-refractivity contribution in [3.05, 3.63) is 66.2 Å². The average Bonchev–Trinajstić information content (AvgIpc) is 3.48. The summed E-state index contributed by atoms with van der Waals surface area (Å²) in [7, 11) is 0. The number of benzene rings is 1. The summed E-state index contributed by atoms with van der Waals surface area (Å²) in [4.78, 5) is 13.0. The van der Waals surface area contributed by atoms with Crippen LogP contribution >= 0.6 is 0 Å². The second-order valence-corrected chi connectivity index (χ2v) is 6.58. The topological polar surface area (TPSA) is 59.9 Å². The molecule has 5 nitrogen and oxygen atoms in total. The van der Waals surface area contributed by atoms with Crippen LogP contribution in [-0.4, -0.2) is 27.6 Å². The van der Waals surface area contributed by atoms with Crippen molar-refractivity contribution in [2.75, 3.05) is 11.9 Å². The Labute approximate surface area is 153 Å². The lowest BCUT2D eigenvalue weighted by molar-refractivity contribution is 0.300. The van der Waals surface area contributed by atoms with Gasteiger partial charge in [0.05, 0.1) is 11.8 Å². The first kappa shape index (κ1) is 16.5. The van der Waals surface area contributed by atoms with Crippen molar-refractivity contribution in [3.63, 3.8) is 0 Å². The first-order valence-corrected chi connectivity index (χ1v) is 9.01. The van der Waals surface area contributed by atoms with Crippen molar-refractivity contribution in [3.8, 4) is 17.0 Å². The molecule has 132 valence electrons. The van der Waals surface area contributed by atoms with Crippen LogP contribution in [0, 0.1) is 6.92 Å². The number of rotatable bonds is 7. The standard InChI is InChI=1S/C21H22N4O/c1-15-6-7-17(13-23-15)19-12-21(25-14-24-19)22-11-10-16-4-2-3-5-20(16)26-18-8-9-18/h2-7,12-14,18H,8-11H2,1H3,(H,22,24,25). The van der Waals surface area contributed by atoms with Crippen molar-refractivity contribution in [2.24, 2.45) is 0 Å². The van der Waals surface area contributed by atoms with E-state index in [-0.39, 0.29) is 0 Å². The molecule has 1 aliphatic carbocycles. The summed E-state index contributed by atoms with van der Waals surface area (Å²) in [6.07, 6.45) is 7.06. The van der Waals surface area contributed by atoms with Gasteiger partial charge in [0.25, 0.3) is 0 Å². The number of nitrogens with one attached hydrogen (secondary N) is 1. The number of para-hydroxylation sites is 1. The number of hydrogen-bond donors (Lipinski definition) is 1. The van der Waals surface area contributed by atoms with Crippen LogP contribution in [0.15, 0.2) is 55.0 Å². The number of pyridine rings is 1. The van der Waals surface area contributed by atoms with Gasteiger partial charge in [-0.05, 0) is 49.9 Å². The first-order chi connectivity index (χ1) is 12.8. The van der Waals surface area contributed by atoms with Gasteiger partial charge in [-0.1, -0.05) is 18.2 Å². The summed E-state index contributed by atoms with van der Waals surface area (Å²) in [5, 5.41) is 3.38. The summed E-state index contributed by atoms with van der Waals surface area (Å²) in [6, 6.07) is 14.2. The molecule has 2 aromatic heterocycles. The zero-order valence-electron chi connectivity index (χ0n) is 14.9. The van der Waals surface area contributed by atoms with E-state index in [1.54, 1.807) is 6.33 Å². The van der Waals surface area contributed by atoms with Crippen LogP contribution in [0.5, 0.6) is 5.75 Å². The van der Waals surface area contributed by atoms with Crippen LogP contribution in [0.1, 0.15) is 24.1 Å². The molecule has 3 aromatic rings. The number of hydrogen-bond acceptors (Lipinski definition) is 5. The second-order valence-electron chi connectivity index (χ2n) is 6.58. The van der Waals surface area contributed by atoms with Crippen LogP contribution in [0.25, 0.3) is 11.3 Å². The molecule has 0 bridgehead atoms. The molecule has 1 fully saturated rings. The van der Waals surface area contributed by atoms with Crippen molar-refractivity contribution < 1.29 is 4.74 Å². The molecular formula is C21H22N4O. The molecule has 0 unspecified atom stereocenters. The highest BCUT2D eigenvalue weighted by Crippen LogP contribution is 2.29. The average molecular weight is 346 g/mol. The Morgan fingerprint density at radius 1 is 1.08 bits per heavy atom. The van der Waals surface area contributed by atoms with E-state index in [1.165, 1.54) is 18.4 Å². The van der Waals surface area contributed by atoms with E-state index in [2.05, 4.69) is 38.5 Å². The minimum Gasteiger partial charge on any atom is -0.490 e. The Balaban J connectivity index is 1.39. The Bertz CT molecular complexity index is 875. The van der Waals surface area contributed by atoms with Crippen LogP contribution < -0.4 is 10.1 Å². The van der Waals surface area contributed by atoms with Crippen LogP contribution in [-0.2, 0) is 6.42 Å². The molecule has 1 aromatic carbocycles. The summed E-state index contributed by atoms with van der Waals surface area (Å²) in [5.41, 5.74) is 4.08. The monoisotopic (exact) mass is 346 g/mol. The largest absolute Gasteiger partial charge is 0.490 e. The zero-order valence-corrected chi connectivity index (χ0v) is 14.9. The van der Waals surface area contributed by atoms with E-state index in [1.807, 2.05) is 37.4 Å². The maximum Gasteiger partial charge on any atom is 0.129 e. The number of aromatic nitrogens is 3. The maximum absolute atomic E-state index is 5.99. The lowest BCUT2D eigenvalue weighted by Crippen LogP contribution is -2.08. The quantitative estimate of drug-likeness (QED) is 0.699. The summed E-state index contributed by atoms with van der Waals surface area (Å²) < 4.78 is 5.99. The van der Waals surface area contributed by atoms with Gasteiger partial charge in [-0.2, -0.15) is 0 Å². The minimum atomic E-state index is 0.414. The third-order valence-corrected chi connectivity index (χ3v) is 4.37. The molecule has 1 aliphatic rings. The Kier molecular flexibility index (Phi) is 4.78. The molecule has 5 heteroatoms. The second kappa shape index (κ2) is 7.52. The lowest BCUT2D eigenvalue weighted by atomic mass is 10.1. The highest BCUT2D eigenvalue weighted by atomic mass is 16.5. The molecule has 0 saturated heterocycles. The molecule has 0 spiro atoms. The van der Waals surface area contributed by atoms with Gasteiger partial charge < -0.3 is 10.1 Å². The van der Waals surface area contributed by atoms with Crippen LogP contribution in [0.4, 0.5) is 5.82 Å². The molecule has 1 saturated carbocycles. The third kappa shape index (κ3) is 4.17. The van der Waals surface area contributed by atoms with Gasteiger partial charge in [0, 0.05) is 30.1 Å². The third-order valence-electron chi connectivity index (χ3n) is 4.37. The summed E-state index contributed by atoms with van der Waals surface area (Å²) in [6.45, 7) is 2.76. The number of aryl methyl sites for hydroxylation is 1. The zero-order chi connectivity index (χ0) is 17.8. The van der Waals surface area contributed by atoms with E-state index in [4.69, 9.17) is 4.74 Å². The fraction of sp³-hybridized carbons (Fsp3) is 0.286. The molecule has 0 radical (unpaired) electrons.